The Morgan fingerprint density at radius 1 is 0.383 bits per heavy atom. The standard InChI is InChI=1S/C46H28O/c1-2-13-29(14-3-1)32-27-28-41(45-40-21-10-11-24-42(40)47-46(32)45)44-38-19-8-6-17-36(38)43(37-18-7-9-20-39(37)44)35-23-12-22-33-31-16-5-4-15-30(31)25-26-34(33)35/h1-28H/i6D,7D,8D,9D,17D,18D,19D,20D. The maximum Gasteiger partial charge on any atom is 0.143 e. The summed E-state index contributed by atoms with van der Waals surface area (Å²) in [5.74, 6) is 0. The summed E-state index contributed by atoms with van der Waals surface area (Å²) in [5, 5.41) is 5.81. The van der Waals surface area contributed by atoms with Crippen molar-refractivity contribution in [3.8, 4) is 33.4 Å². The van der Waals surface area contributed by atoms with Gasteiger partial charge in [0, 0.05) is 16.3 Å². The molecular weight excluding hydrogens is 569 g/mol. The van der Waals surface area contributed by atoms with E-state index in [9.17, 15) is 5.48 Å². The van der Waals surface area contributed by atoms with Gasteiger partial charge in [-0.05, 0) is 83.0 Å². The summed E-state index contributed by atoms with van der Waals surface area (Å²) in [5.41, 5.74) is 4.62. The quantitative estimate of drug-likeness (QED) is 0.144. The van der Waals surface area contributed by atoms with Crippen LogP contribution in [0.15, 0.2) is 174 Å². The van der Waals surface area contributed by atoms with Crippen molar-refractivity contribution in [1.29, 1.82) is 0 Å². The van der Waals surface area contributed by atoms with E-state index >= 15 is 0 Å². The molecule has 0 amide bonds. The zero-order valence-electron chi connectivity index (χ0n) is 33.0. The van der Waals surface area contributed by atoms with Crippen LogP contribution < -0.4 is 0 Å². The summed E-state index contributed by atoms with van der Waals surface area (Å²) in [7, 11) is 0. The third kappa shape index (κ3) is 3.84. The van der Waals surface area contributed by atoms with Crippen molar-refractivity contribution in [1.82, 2.24) is 0 Å². The lowest BCUT2D eigenvalue weighted by molar-refractivity contribution is 0.670. The van der Waals surface area contributed by atoms with Gasteiger partial charge in [0.25, 0.3) is 0 Å². The molecule has 0 atom stereocenters. The van der Waals surface area contributed by atoms with E-state index in [0.29, 0.717) is 33.2 Å². The van der Waals surface area contributed by atoms with E-state index in [1.807, 2.05) is 121 Å². The van der Waals surface area contributed by atoms with Crippen LogP contribution in [0.1, 0.15) is 11.0 Å². The molecule has 0 N–H and O–H groups in total. The fourth-order valence-corrected chi connectivity index (χ4v) is 7.30. The van der Waals surface area contributed by atoms with Gasteiger partial charge in [-0.25, -0.2) is 0 Å². The first-order valence-corrected chi connectivity index (χ1v) is 15.5. The molecule has 1 aromatic heterocycles. The first-order valence-electron chi connectivity index (χ1n) is 19.5. The van der Waals surface area contributed by atoms with Gasteiger partial charge < -0.3 is 4.42 Å². The first-order chi connectivity index (χ1) is 26.7. The summed E-state index contributed by atoms with van der Waals surface area (Å²) in [4.78, 5) is 0. The van der Waals surface area contributed by atoms with Crippen LogP contribution >= 0.6 is 0 Å². The molecule has 0 fully saturated rings. The number of hydrogen-bond acceptors (Lipinski definition) is 1. The van der Waals surface area contributed by atoms with Gasteiger partial charge in [0.1, 0.15) is 11.2 Å². The topological polar surface area (TPSA) is 13.1 Å². The van der Waals surface area contributed by atoms with Crippen molar-refractivity contribution in [3.63, 3.8) is 0 Å². The lowest BCUT2D eigenvalue weighted by Crippen LogP contribution is -1.92. The minimum absolute atomic E-state index is 0.162. The van der Waals surface area contributed by atoms with Gasteiger partial charge in [-0.3, -0.25) is 0 Å². The molecule has 0 radical (unpaired) electrons. The van der Waals surface area contributed by atoms with Gasteiger partial charge in [0.05, 0.1) is 11.0 Å². The van der Waals surface area contributed by atoms with E-state index in [2.05, 4.69) is 0 Å². The summed E-state index contributed by atoms with van der Waals surface area (Å²) in [6.45, 7) is 0. The molecule has 0 aliphatic rings. The maximum absolute atomic E-state index is 9.55. The SMILES string of the molecule is [2H]c1c([2H])c([2H])c2c(-c3ccc(-c4ccccc4)c4oc5ccccc5c34)c3c([2H])c([2H])c([2H])c([2H])c3c(-c3cccc4c3ccc3ccccc34)c2c1[2H]. The third-order valence-corrected chi connectivity index (χ3v) is 9.31. The Kier molecular flexibility index (Phi) is 4.19. The monoisotopic (exact) mass is 604 g/mol. The molecule has 47 heavy (non-hydrogen) atoms. The molecular formula is C46H28O. The Morgan fingerprint density at radius 3 is 1.72 bits per heavy atom. The summed E-state index contributed by atoms with van der Waals surface area (Å²) >= 11 is 0. The van der Waals surface area contributed by atoms with Crippen LogP contribution in [0.3, 0.4) is 0 Å². The zero-order valence-corrected chi connectivity index (χ0v) is 25.0. The van der Waals surface area contributed by atoms with E-state index in [-0.39, 0.29) is 51.3 Å². The van der Waals surface area contributed by atoms with Crippen LogP contribution in [0, 0.1) is 0 Å². The predicted molar refractivity (Wildman–Crippen MR) is 200 cm³/mol. The van der Waals surface area contributed by atoms with Crippen molar-refractivity contribution in [2.24, 2.45) is 0 Å². The lowest BCUT2D eigenvalue weighted by Gasteiger charge is -2.20. The number of rotatable bonds is 3. The molecule has 1 nitrogen and oxygen atoms in total. The molecule has 0 spiro atoms. The second-order valence-electron chi connectivity index (χ2n) is 11.8. The normalized spacial score (nSPS) is 14.2. The number of benzene rings is 9. The zero-order chi connectivity index (χ0) is 37.9. The van der Waals surface area contributed by atoms with Crippen molar-refractivity contribution in [2.45, 2.75) is 0 Å². The Bertz CT molecular complexity index is 3220. The van der Waals surface area contributed by atoms with Gasteiger partial charge in [0.2, 0.25) is 0 Å². The van der Waals surface area contributed by atoms with Crippen LogP contribution in [0.5, 0.6) is 0 Å². The van der Waals surface area contributed by atoms with Crippen molar-refractivity contribution < 1.29 is 15.4 Å². The highest BCUT2D eigenvalue weighted by molar-refractivity contribution is 6.28. The average molecular weight is 605 g/mol. The highest BCUT2D eigenvalue weighted by atomic mass is 16.3. The average Bonchev–Trinajstić information content (AvgIpc) is 3.62. The molecule has 0 aliphatic heterocycles. The molecule has 1 heteroatoms. The number of para-hydroxylation sites is 1. The molecule has 0 aliphatic carbocycles. The van der Waals surface area contributed by atoms with Crippen LogP contribution in [0.2, 0.25) is 0 Å². The highest BCUT2D eigenvalue weighted by Crippen LogP contribution is 2.49. The summed E-state index contributed by atoms with van der Waals surface area (Å²) < 4.78 is 80.5. The van der Waals surface area contributed by atoms with Crippen molar-refractivity contribution >= 4 is 65.0 Å². The van der Waals surface area contributed by atoms with E-state index in [1.165, 1.54) is 0 Å². The Labute approximate surface area is 283 Å². The van der Waals surface area contributed by atoms with Gasteiger partial charge in [0.15, 0.2) is 0 Å². The predicted octanol–water partition coefficient (Wildman–Crippen LogP) is 13.2. The van der Waals surface area contributed by atoms with Crippen molar-refractivity contribution in [3.05, 3.63) is 170 Å². The smallest absolute Gasteiger partial charge is 0.143 e. The number of fused-ring (bicyclic) bond motifs is 8. The molecule has 0 bridgehead atoms. The summed E-state index contributed by atoms with van der Waals surface area (Å²) in [6.07, 6.45) is 0. The minimum Gasteiger partial charge on any atom is -0.455 e. The van der Waals surface area contributed by atoms with E-state index in [1.54, 1.807) is 0 Å². The van der Waals surface area contributed by atoms with E-state index in [4.69, 9.17) is 9.90 Å². The molecule has 9 aromatic carbocycles. The number of hydrogen-bond donors (Lipinski definition) is 0. The highest BCUT2D eigenvalue weighted by Gasteiger charge is 2.22. The van der Waals surface area contributed by atoms with Gasteiger partial charge in [-0.1, -0.05) is 158 Å². The summed E-state index contributed by atoms with van der Waals surface area (Å²) in [6, 6.07) is 35.9. The Balaban J connectivity index is 1.49. The van der Waals surface area contributed by atoms with Gasteiger partial charge >= 0.3 is 0 Å². The molecule has 10 rings (SSSR count). The molecule has 0 unspecified atom stereocenters. The van der Waals surface area contributed by atoms with E-state index < -0.39 is 24.2 Å². The van der Waals surface area contributed by atoms with Crippen LogP contribution in [0.4, 0.5) is 0 Å². The van der Waals surface area contributed by atoms with Crippen LogP contribution in [0.25, 0.3) is 98.4 Å². The van der Waals surface area contributed by atoms with E-state index in [0.717, 1.165) is 38.1 Å². The number of furan rings is 1. The third-order valence-electron chi connectivity index (χ3n) is 9.31. The second-order valence-corrected chi connectivity index (χ2v) is 11.8. The van der Waals surface area contributed by atoms with Crippen LogP contribution in [-0.2, 0) is 0 Å². The molecule has 0 saturated heterocycles. The molecule has 10 aromatic rings. The molecule has 0 saturated carbocycles. The minimum atomic E-state index is -0.442. The van der Waals surface area contributed by atoms with Gasteiger partial charge in [-0.15, -0.1) is 0 Å². The fourth-order valence-electron chi connectivity index (χ4n) is 7.30. The largest absolute Gasteiger partial charge is 0.455 e. The Hall–Kier alpha value is -6.18. The lowest BCUT2D eigenvalue weighted by atomic mass is 9.83. The molecule has 218 valence electrons. The fraction of sp³-hybridized carbons (Fsp3) is 0. The molecule has 1 heterocycles. The van der Waals surface area contributed by atoms with Crippen LogP contribution in [-0.4, -0.2) is 0 Å². The van der Waals surface area contributed by atoms with Gasteiger partial charge in [-0.2, -0.15) is 0 Å². The Morgan fingerprint density at radius 2 is 0.979 bits per heavy atom. The first kappa shape index (κ1) is 19.4. The maximum atomic E-state index is 9.55. The second kappa shape index (κ2) is 10.2. The van der Waals surface area contributed by atoms with Crippen molar-refractivity contribution in [2.75, 3.05) is 0 Å².